The van der Waals surface area contributed by atoms with Gasteiger partial charge in [0, 0.05) is 17.9 Å². The van der Waals surface area contributed by atoms with Crippen LogP contribution in [0.4, 0.5) is 21.9 Å². The minimum absolute atomic E-state index is 0.286. The van der Waals surface area contributed by atoms with Crippen LogP contribution in [0.5, 0.6) is 0 Å². The summed E-state index contributed by atoms with van der Waals surface area (Å²) in [5, 5.41) is 7.05. The van der Waals surface area contributed by atoms with Gasteiger partial charge in [-0.3, -0.25) is 0 Å². The lowest BCUT2D eigenvalue weighted by atomic mass is 9.66. The molecule has 0 spiro atoms. The molecule has 2 aromatic rings. The Kier molecular flexibility index (Phi) is 5.67. The van der Waals surface area contributed by atoms with Crippen molar-refractivity contribution < 1.29 is 14.3 Å². The van der Waals surface area contributed by atoms with Crippen molar-refractivity contribution in [1.29, 1.82) is 0 Å². The maximum atomic E-state index is 12.7. The molecule has 1 heterocycles. The standard InChI is InChI=1S/C28H32ClN3O3/c1-35-26(33)25-3-2-10-32(25)27(34)31-22-7-5-21(6-8-22)30-24-9-4-20(13-23(24)29)28-14-17-11-18(15-28)19(12-17)16-28/h4-9,13,17-19,25,30H,2-3,10-12,14-16H2,1H3,(H,31,34)/t17?,18?,19?,25-,28?/m1/s1. The summed E-state index contributed by atoms with van der Waals surface area (Å²) in [5.74, 6) is 2.41. The third kappa shape index (κ3) is 4.06. The minimum atomic E-state index is -0.514. The van der Waals surface area contributed by atoms with Crippen molar-refractivity contribution in [2.75, 3.05) is 24.3 Å². The fraction of sp³-hybridized carbons (Fsp3) is 0.500. The molecule has 2 aromatic carbocycles. The molecule has 2 N–H and O–H groups in total. The zero-order valence-corrected chi connectivity index (χ0v) is 20.8. The highest BCUT2D eigenvalue weighted by Crippen LogP contribution is 2.64. The van der Waals surface area contributed by atoms with Gasteiger partial charge in [0.25, 0.3) is 0 Å². The van der Waals surface area contributed by atoms with Crippen LogP contribution < -0.4 is 10.6 Å². The molecular formula is C28H32ClN3O3. The second kappa shape index (κ2) is 8.74. The average molecular weight is 494 g/mol. The van der Waals surface area contributed by atoms with Gasteiger partial charge in [-0.15, -0.1) is 0 Å². The van der Waals surface area contributed by atoms with Gasteiger partial charge < -0.3 is 20.3 Å². The summed E-state index contributed by atoms with van der Waals surface area (Å²) >= 11 is 6.74. The first-order valence-corrected chi connectivity index (χ1v) is 13.1. The molecule has 4 saturated carbocycles. The van der Waals surface area contributed by atoms with E-state index in [4.69, 9.17) is 16.3 Å². The third-order valence-corrected chi connectivity index (χ3v) is 9.22. The number of hydrogen-bond acceptors (Lipinski definition) is 4. The molecule has 7 rings (SSSR count). The Bertz CT molecular complexity index is 1130. The number of halogens is 1. The molecule has 0 radical (unpaired) electrons. The van der Waals surface area contributed by atoms with Gasteiger partial charge in [0.1, 0.15) is 6.04 Å². The van der Waals surface area contributed by atoms with Gasteiger partial charge in [-0.2, -0.15) is 0 Å². The van der Waals surface area contributed by atoms with Crippen molar-refractivity contribution in [2.45, 2.75) is 56.4 Å². The number of methoxy groups -OCH3 is 1. The molecule has 4 bridgehead atoms. The maximum absolute atomic E-state index is 12.7. The molecule has 5 fully saturated rings. The molecule has 3 atom stereocenters. The van der Waals surface area contributed by atoms with E-state index in [1.807, 2.05) is 24.3 Å². The molecule has 1 aliphatic heterocycles. The Labute approximate surface area is 211 Å². The van der Waals surface area contributed by atoms with Gasteiger partial charge in [0.15, 0.2) is 0 Å². The quantitative estimate of drug-likeness (QED) is 0.477. The van der Waals surface area contributed by atoms with Crippen molar-refractivity contribution in [3.05, 3.63) is 53.1 Å². The summed E-state index contributed by atoms with van der Waals surface area (Å²) in [6.45, 7) is 0.545. The third-order valence-electron chi connectivity index (χ3n) is 8.91. The normalized spacial score (nSPS) is 30.5. The SMILES string of the molecule is COC(=O)[C@H]1CCCN1C(=O)Nc1ccc(Nc2ccc(C34CC5CC(C3)C(C5)C4)cc2Cl)cc1. The number of amides is 2. The second-order valence-corrected chi connectivity index (χ2v) is 11.4. The van der Waals surface area contributed by atoms with E-state index in [1.165, 1.54) is 44.8 Å². The number of benzene rings is 2. The summed E-state index contributed by atoms with van der Waals surface area (Å²) in [5.41, 5.74) is 4.21. The van der Waals surface area contributed by atoms with Crippen molar-refractivity contribution in [1.82, 2.24) is 4.90 Å². The first kappa shape index (κ1) is 22.7. The van der Waals surface area contributed by atoms with Gasteiger partial charge in [-0.05, 0) is 110 Å². The Morgan fingerprint density at radius 3 is 2.40 bits per heavy atom. The molecular weight excluding hydrogens is 462 g/mol. The number of rotatable bonds is 5. The van der Waals surface area contributed by atoms with Crippen LogP contribution in [0.25, 0.3) is 0 Å². The average Bonchev–Trinajstić information content (AvgIpc) is 3.52. The number of carbonyl (C=O) groups excluding carboxylic acids is 2. The number of nitrogens with one attached hydrogen (secondary N) is 2. The predicted molar refractivity (Wildman–Crippen MR) is 137 cm³/mol. The molecule has 184 valence electrons. The van der Waals surface area contributed by atoms with E-state index >= 15 is 0 Å². The lowest BCUT2D eigenvalue weighted by molar-refractivity contribution is -0.144. The Morgan fingerprint density at radius 1 is 1.03 bits per heavy atom. The number of hydrogen-bond donors (Lipinski definition) is 2. The van der Waals surface area contributed by atoms with Crippen molar-refractivity contribution in [3.63, 3.8) is 0 Å². The van der Waals surface area contributed by atoms with Crippen LogP contribution in [-0.4, -0.2) is 36.6 Å². The van der Waals surface area contributed by atoms with Gasteiger partial charge in [0.2, 0.25) is 0 Å². The van der Waals surface area contributed by atoms with E-state index in [9.17, 15) is 9.59 Å². The van der Waals surface area contributed by atoms with E-state index in [2.05, 4.69) is 28.8 Å². The van der Waals surface area contributed by atoms with Gasteiger partial charge in [-0.25, -0.2) is 9.59 Å². The fourth-order valence-corrected chi connectivity index (χ4v) is 7.72. The van der Waals surface area contributed by atoms with Gasteiger partial charge >= 0.3 is 12.0 Å². The molecule has 35 heavy (non-hydrogen) atoms. The largest absolute Gasteiger partial charge is 0.467 e. The highest BCUT2D eigenvalue weighted by molar-refractivity contribution is 6.33. The van der Waals surface area contributed by atoms with Crippen LogP contribution in [0.15, 0.2) is 42.5 Å². The van der Waals surface area contributed by atoms with Crippen molar-refractivity contribution >= 4 is 40.7 Å². The topological polar surface area (TPSA) is 70.7 Å². The van der Waals surface area contributed by atoms with E-state index in [0.717, 1.165) is 40.6 Å². The van der Waals surface area contributed by atoms with Crippen LogP contribution >= 0.6 is 11.6 Å². The zero-order valence-electron chi connectivity index (χ0n) is 20.1. The lowest BCUT2D eigenvalue weighted by Crippen LogP contribution is -2.43. The molecule has 1 saturated heterocycles. The summed E-state index contributed by atoms with van der Waals surface area (Å²) in [4.78, 5) is 26.2. The monoisotopic (exact) mass is 493 g/mol. The smallest absolute Gasteiger partial charge is 0.328 e. The highest BCUT2D eigenvalue weighted by Gasteiger charge is 2.56. The Hall–Kier alpha value is -2.73. The highest BCUT2D eigenvalue weighted by atomic mass is 35.5. The number of esters is 1. The van der Waals surface area contributed by atoms with Crippen LogP contribution in [-0.2, 0) is 14.9 Å². The first-order valence-electron chi connectivity index (χ1n) is 12.8. The molecule has 4 aliphatic carbocycles. The lowest BCUT2D eigenvalue weighted by Gasteiger charge is -2.39. The number of carbonyl (C=O) groups is 2. The summed E-state index contributed by atoms with van der Waals surface area (Å²) in [6, 6.07) is 13.3. The maximum Gasteiger partial charge on any atom is 0.328 e. The minimum Gasteiger partial charge on any atom is -0.467 e. The second-order valence-electron chi connectivity index (χ2n) is 11.0. The predicted octanol–water partition coefficient (Wildman–Crippen LogP) is 6.33. The number of anilines is 3. The van der Waals surface area contributed by atoms with E-state index < -0.39 is 6.04 Å². The van der Waals surface area contributed by atoms with Crippen LogP contribution in [0.2, 0.25) is 5.02 Å². The number of likely N-dealkylation sites (tertiary alicyclic amines) is 1. The Balaban J connectivity index is 1.10. The first-order chi connectivity index (χ1) is 16.9. The summed E-state index contributed by atoms with van der Waals surface area (Å²) in [6.07, 6.45) is 8.31. The molecule has 2 unspecified atom stereocenters. The van der Waals surface area contributed by atoms with Gasteiger partial charge in [0.05, 0.1) is 17.8 Å². The van der Waals surface area contributed by atoms with Crippen molar-refractivity contribution in [2.24, 2.45) is 17.8 Å². The van der Waals surface area contributed by atoms with Crippen LogP contribution in [0.1, 0.15) is 50.5 Å². The fourth-order valence-electron chi connectivity index (χ4n) is 7.49. The zero-order chi connectivity index (χ0) is 24.2. The summed E-state index contributed by atoms with van der Waals surface area (Å²) in [7, 11) is 1.35. The van der Waals surface area contributed by atoms with Gasteiger partial charge in [-0.1, -0.05) is 17.7 Å². The number of nitrogens with zero attached hydrogens (tertiary/aromatic N) is 1. The van der Waals surface area contributed by atoms with Crippen LogP contribution in [0.3, 0.4) is 0 Å². The summed E-state index contributed by atoms with van der Waals surface area (Å²) < 4.78 is 4.83. The van der Waals surface area contributed by atoms with Crippen molar-refractivity contribution in [3.8, 4) is 0 Å². The molecule has 2 amide bonds. The molecule has 6 nitrogen and oxygen atoms in total. The van der Waals surface area contributed by atoms with E-state index in [-0.39, 0.29) is 12.0 Å². The molecule has 0 aromatic heterocycles. The van der Waals surface area contributed by atoms with E-state index in [0.29, 0.717) is 24.1 Å². The molecule has 5 aliphatic rings. The van der Waals surface area contributed by atoms with Crippen LogP contribution in [0, 0.1) is 17.8 Å². The Morgan fingerprint density at radius 2 is 1.74 bits per heavy atom. The number of ether oxygens (including phenoxy) is 1. The molecule has 7 heteroatoms. The van der Waals surface area contributed by atoms with E-state index in [1.54, 1.807) is 4.90 Å². The number of urea groups is 1.